The minimum absolute atomic E-state index is 0.142. The highest BCUT2D eigenvalue weighted by Gasteiger charge is 2.95. The Labute approximate surface area is 147 Å². The molecule has 0 fully saturated rings. The van der Waals surface area contributed by atoms with Crippen molar-refractivity contribution < 1.29 is 83.8 Å². The third-order valence-corrected chi connectivity index (χ3v) is 2.72. The predicted molar refractivity (Wildman–Crippen MR) is 54.5 cm³/mol. The van der Waals surface area contributed by atoms with Gasteiger partial charge in [-0.1, -0.05) is 0 Å². The van der Waals surface area contributed by atoms with Crippen molar-refractivity contribution in [2.24, 2.45) is 0 Å². The van der Waals surface area contributed by atoms with Crippen molar-refractivity contribution in [1.82, 2.24) is 0 Å². The summed E-state index contributed by atoms with van der Waals surface area (Å²) in [5.74, 6) is -23.4. The summed E-state index contributed by atoms with van der Waals surface area (Å²) in [6.45, 7) is -5.58. The molecule has 178 valence electrons. The molecule has 0 aromatic heterocycles. The van der Waals surface area contributed by atoms with E-state index in [-0.39, 0.29) is 6.92 Å². The van der Waals surface area contributed by atoms with Crippen molar-refractivity contribution in [2.75, 3.05) is 6.61 Å². The standard InChI is InChI=1S/C9H5F15O.CHF3/c1-2-25-6(15,3(10,7(16,17)18)8(19,20)21)4(11,12)5(13,14)9(22,23)24;2-1(3)4/h2H2,1H3;1H. The van der Waals surface area contributed by atoms with Crippen LogP contribution >= 0.6 is 0 Å². The zero-order valence-corrected chi connectivity index (χ0v) is 13.0. The van der Waals surface area contributed by atoms with Gasteiger partial charge in [0.2, 0.25) is 0 Å². The summed E-state index contributed by atoms with van der Waals surface area (Å²) in [6.07, 6.45) is -23.1. The van der Waals surface area contributed by atoms with E-state index >= 15 is 0 Å². The molecule has 29 heavy (non-hydrogen) atoms. The van der Waals surface area contributed by atoms with Crippen molar-refractivity contribution in [3.8, 4) is 0 Å². The Bertz CT molecular complexity index is 497. The van der Waals surface area contributed by atoms with E-state index in [2.05, 4.69) is 4.74 Å². The van der Waals surface area contributed by atoms with E-state index < -0.39 is 55.2 Å². The molecule has 0 aliphatic carbocycles. The second-order valence-corrected chi connectivity index (χ2v) is 4.58. The van der Waals surface area contributed by atoms with Gasteiger partial charge < -0.3 is 4.74 Å². The fraction of sp³-hybridized carbons (Fsp3) is 1.00. The maximum Gasteiger partial charge on any atom is 0.460 e. The first-order valence-electron chi connectivity index (χ1n) is 6.19. The molecule has 0 aliphatic rings. The van der Waals surface area contributed by atoms with Gasteiger partial charge in [-0.05, 0) is 6.92 Å². The Morgan fingerprint density at radius 1 is 0.552 bits per heavy atom. The molecule has 0 bridgehead atoms. The van der Waals surface area contributed by atoms with Crippen LogP contribution in [0.25, 0.3) is 0 Å². The molecule has 0 saturated carbocycles. The molecular weight excluding hydrogens is 478 g/mol. The summed E-state index contributed by atoms with van der Waals surface area (Å²) in [4.78, 5) is 0. The lowest BCUT2D eigenvalue weighted by molar-refractivity contribution is -0.487. The van der Waals surface area contributed by atoms with E-state index in [1.165, 1.54) is 0 Å². The lowest BCUT2D eigenvalue weighted by Crippen LogP contribution is -2.77. The van der Waals surface area contributed by atoms with Gasteiger partial charge >= 0.3 is 48.6 Å². The van der Waals surface area contributed by atoms with Gasteiger partial charge in [0.1, 0.15) is 0 Å². The summed E-state index contributed by atoms with van der Waals surface area (Å²) in [6, 6.07) is 0. The van der Waals surface area contributed by atoms with E-state index in [1.54, 1.807) is 0 Å². The summed E-state index contributed by atoms with van der Waals surface area (Å²) in [5.41, 5.74) is -7.93. The van der Waals surface area contributed by atoms with Crippen molar-refractivity contribution in [3.63, 3.8) is 0 Å². The molecule has 0 saturated heterocycles. The fourth-order valence-corrected chi connectivity index (χ4v) is 1.51. The van der Waals surface area contributed by atoms with Gasteiger partial charge in [-0.25, -0.2) is 8.78 Å². The molecule has 19 heteroatoms. The smallest absolute Gasteiger partial charge is 0.338 e. The summed E-state index contributed by atoms with van der Waals surface area (Å²) < 4.78 is 221. The Balaban J connectivity index is 0. The summed E-state index contributed by atoms with van der Waals surface area (Å²) in [7, 11) is 0. The highest BCUT2D eigenvalue weighted by molar-refractivity contribution is 5.16. The maximum absolute atomic E-state index is 13.9. The third kappa shape index (κ3) is 5.07. The lowest BCUT2D eigenvalue weighted by Gasteiger charge is -2.45. The molecule has 0 radical (unpaired) electrons. The van der Waals surface area contributed by atoms with Gasteiger partial charge in [-0.15, -0.1) is 0 Å². The van der Waals surface area contributed by atoms with Crippen LogP contribution in [0.2, 0.25) is 0 Å². The topological polar surface area (TPSA) is 9.23 Å². The average molecular weight is 484 g/mol. The molecule has 0 N–H and O–H groups in total. The summed E-state index contributed by atoms with van der Waals surface area (Å²) >= 11 is 0. The molecule has 0 heterocycles. The molecular formula is C10H6F18O. The van der Waals surface area contributed by atoms with E-state index in [9.17, 15) is 79.0 Å². The monoisotopic (exact) mass is 484 g/mol. The minimum Gasteiger partial charge on any atom is -0.338 e. The molecule has 1 atom stereocenters. The van der Waals surface area contributed by atoms with Gasteiger partial charge in [-0.2, -0.15) is 70.2 Å². The van der Waals surface area contributed by atoms with Crippen LogP contribution < -0.4 is 0 Å². The first-order valence-corrected chi connectivity index (χ1v) is 6.19. The molecule has 0 rings (SSSR count). The number of hydrogen-bond donors (Lipinski definition) is 0. The van der Waals surface area contributed by atoms with Crippen LogP contribution in [0, 0.1) is 0 Å². The second-order valence-electron chi connectivity index (χ2n) is 4.58. The fourth-order valence-electron chi connectivity index (χ4n) is 1.51. The van der Waals surface area contributed by atoms with Crippen LogP contribution in [0.4, 0.5) is 79.0 Å². The van der Waals surface area contributed by atoms with E-state index in [1.807, 2.05) is 0 Å². The lowest BCUT2D eigenvalue weighted by atomic mass is 9.86. The average Bonchev–Trinajstić information content (AvgIpc) is 2.41. The van der Waals surface area contributed by atoms with Gasteiger partial charge in [0, 0.05) is 6.61 Å². The number of ether oxygens (including phenoxy) is 1. The highest BCUT2D eigenvalue weighted by Crippen LogP contribution is 2.63. The normalized spacial score (nSPS) is 17.0. The van der Waals surface area contributed by atoms with Crippen LogP contribution in [-0.2, 0) is 4.74 Å². The first kappa shape index (κ1) is 29.9. The van der Waals surface area contributed by atoms with Crippen molar-refractivity contribution in [1.29, 1.82) is 0 Å². The van der Waals surface area contributed by atoms with Gasteiger partial charge in [0.15, 0.2) is 0 Å². The second kappa shape index (κ2) is 8.44. The number of hydrogen-bond acceptors (Lipinski definition) is 1. The molecule has 1 nitrogen and oxygen atoms in total. The van der Waals surface area contributed by atoms with Gasteiger partial charge in [0.05, 0.1) is 0 Å². The van der Waals surface area contributed by atoms with Crippen LogP contribution in [-0.4, -0.2) is 55.2 Å². The Morgan fingerprint density at radius 3 is 1.00 bits per heavy atom. The third-order valence-electron chi connectivity index (χ3n) is 2.72. The Hall–Kier alpha value is -1.30. The van der Waals surface area contributed by atoms with Crippen LogP contribution in [0.3, 0.4) is 0 Å². The highest BCUT2D eigenvalue weighted by atomic mass is 19.4. The molecule has 0 amide bonds. The molecule has 0 aromatic carbocycles. The van der Waals surface area contributed by atoms with E-state index in [4.69, 9.17) is 0 Å². The van der Waals surface area contributed by atoms with Crippen molar-refractivity contribution in [3.05, 3.63) is 0 Å². The summed E-state index contributed by atoms with van der Waals surface area (Å²) in [5, 5.41) is 0. The van der Waals surface area contributed by atoms with Crippen molar-refractivity contribution >= 4 is 0 Å². The number of alkyl halides is 18. The van der Waals surface area contributed by atoms with Gasteiger partial charge in [0.25, 0.3) is 0 Å². The molecule has 0 spiro atoms. The minimum atomic E-state index is -7.98. The van der Waals surface area contributed by atoms with Gasteiger partial charge in [-0.3, -0.25) is 0 Å². The maximum atomic E-state index is 13.9. The van der Waals surface area contributed by atoms with E-state index in [0.717, 1.165) is 0 Å². The molecule has 0 aliphatic heterocycles. The van der Waals surface area contributed by atoms with E-state index in [0.29, 0.717) is 0 Å². The van der Waals surface area contributed by atoms with Crippen LogP contribution in [0.1, 0.15) is 6.92 Å². The molecule has 1 unspecified atom stereocenters. The zero-order chi connectivity index (χ0) is 24.5. The number of rotatable bonds is 5. The predicted octanol–water partition coefficient (Wildman–Crippen LogP) is 6.53. The Morgan fingerprint density at radius 2 is 0.828 bits per heavy atom. The van der Waals surface area contributed by atoms with Crippen molar-refractivity contribution in [2.45, 2.75) is 55.5 Å². The quantitative estimate of drug-likeness (QED) is 0.404. The SMILES string of the molecule is CCOC(F)(C(F)(F)C(F)(F)C(F)(F)F)C(F)(C(F)(F)F)C(F)(F)F.FC(F)F. The molecule has 0 aromatic rings. The number of halogens is 18. The van der Waals surface area contributed by atoms with Crippen LogP contribution in [0.5, 0.6) is 0 Å². The zero-order valence-electron chi connectivity index (χ0n) is 13.0. The largest absolute Gasteiger partial charge is 0.460 e. The van der Waals surface area contributed by atoms with Crippen LogP contribution in [0.15, 0.2) is 0 Å². The Kier molecular flexibility index (Phi) is 8.71. The first-order chi connectivity index (χ1) is 12.3.